The van der Waals surface area contributed by atoms with Gasteiger partial charge in [0.15, 0.2) is 0 Å². The normalized spacial score (nSPS) is 15.7. The van der Waals surface area contributed by atoms with Crippen molar-refractivity contribution in [2.24, 2.45) is 5.41 Å². The van der Waals surface area contributed by atoms with Gasteiger partial charge in [0.25, 0.3) is 0 Å². The zero-order valence-electron chi connectivity index (χ0n) is 13.4. The summed E-state index contributed by atoms with van der Waals surface area (Å²) >= 11 is 3.62. The summed E-state index contributed by atoms with van der Waals surface area (Å²) in [5, 5.41) is 3.63. The van der Waals surface area contributed by atoms with Crippen LogP contribution in [0.3, 0.4) is 0 Å². The molecule has 112 valence electrons. The Morgan fingerprint density at radius 1 is 1.15 bits per heavy atom. The minimum absolute atomic E-state index is 0.426. The van der Waals surface area contributed by atoms with E-state index in [1.165, 1.54) is 59.8 Å². The molecule has 0 amide bonds. The van der Waals surface area contributed by atoms with Gasteiger partial charge in [-0.25, -0.2) is 0 Å². The Hall–Kier alpha value is -0.340. The van der Waals surface area contributed by atoms with E-state index in [0.29, 0.717) is 5.41 Å². The number of hydrogen-bond donors (Lipinski definition) is 1. The second-order valence-electron chi connectivity index (χ2n) is 7.17. The summed E-state index contributed by atoms with van der Waals surface area (Å²) in [4.78, 5) is 0. The van der Waals surface area contributed by atoms with Crippen LogP contribution in [0.4, 0.5) is 0 Å². The zero-order chi connectivity index (χ0) is 14.8. The summed E-state index contributed by atoms with van der Waals surface area (Å²) in [6, 6.07) is 5.44. The molecule has 2 rings (SSSR count). The lowest BCUT2D eigenvalue weighted by Gasteiger charge is -2.25. The molecule has 1 aromatic carbocycles. The molecule has 0 saturated heterocycles. The van der Waals surface area contributed by atoms with Gasteiger partial charge in [0, 0.05) is 10.5 Å². The minimum Gasteiger partial charge on any atom is -0.314 e. The molecule has 0 aliphatic heterocycles. The van der Waals surface area contributed by atoms with Crippen LogP contribution in [0.2, 0.25) is 0 Å². The molecule has 0 heterocycles. The maximum Gasteiger partial charge on any atom is 0.0207 e. The molecule has 0 atom stereocenters. The van der Waals surface area contributed by atoms with Crippen molar-refractivity contribution in [3.8, 4) is 0 Å². The molecule has 1 nitrogen and oxygen atoms in total. The van der Waals surface area contributed by atoms with Crippen molar-refractivity contribution in [1.82, 2.24) is 5.32 Å². The first-order chi connectivity index (χ1) is 9.37. The second-order valence-corrected chi connectivity index (χ2v) is 8.02. The SMILES string of the molecule is Cc1cc(CCC(C)(C)CCNC2CC2)c(C)cc1Br. The van der Waals surface area contributed by atoms with Crippen LogP contribution in [0.1, 0.15) is 56.2 Å². The molecule has 1 fully saturated rings. The molecule has 1 aromatic rings. The Kier molecular flexibility index (Phi) is 5.30. The van der Waals surface area contributed by atoms with E-state index in [1.807, 2.05) is 0 Å². The van der Waals surface area contributed by atoms with E-state index in [1.54, 1.807) is 0 Å². The van der Waals surface area contributed by atoms with Crippen LogP contribution in [0.25, 0.3) is 0 Å². The third kappa shape index (κ3) is 4.89. The largest absolute Gasteiger partial charge is 0.314 e. The zero-order valence-corrected chi connectivity index (χ0v) is 14.9. The number of aryl methyl sites for hydroxylation is 3. The summed E-state index contributed by atoms with van der Waals surface area (Å²) in [6.07, 6.45) is 6.51. The van der Waals surface area contributed by atoms with E-state index in [2.05, 4.69) is 61.1 Å². The van der Waals surface area contributed by atoms with Gasteiger partial charge >= 0.3 is 0 Å². The summed E-state index contributed by atoms with van der Waals surface area (Å²) in [7, 11) is 0. The molecule has 2 heteroatoms. The first kappa shape index (κ1) is 16.0. The number of benzene rings is 1. The predicted octanol–water partition coefficient (Wildman–Crippen LogP) is 5.17. The van der Waals surface area contributed by atoms with Crippen LogP contribution in [0, 0.1) is 19.3 Å². The number of rotatable bonds is 7. The molecule has 20 heavy (non-hydrogen) atoms. The van der Waals surface area contributed by atoms with Crippen molar-refractivity contribution >= 4 is 15.9 Å². The van der Waals surface area contributed by atoms with E-state index >= 15 is 0 Å². The summed E-state index contributed by atoms with van der Waals surface area (Å²) in [5.74, 6) is 0. The van der Waals surface area contributed by atoms with Gasteiger partial charge in [0.1, 0.15) is 0 Å². The molecule has 0 bridgehead atoms. The van der Waals surface area contributed by atoms with Gasteiger partial charge in [-0.2, -0.15) is 0 Å². The highest BCUT2D eigenvalue weighted by molar-refractivity contribution is 9.10. The fourth-order valence-corrected chi connectivity index (χ4v) is 3.07. The van der Waals surface area contributed by atoms with Crippen molar-refractivity contribution in [3.63, 3.8) is 0 Å². The topological polar surface area (TPSA) is 12.0 Å². The van der Waals surface area contributed by atoms with Crippen LogP contribution in [-0.4, -0.2) is 12.6 Å². The van der Waals surface area contributed by atoms with Gasteiger partial charge < -0.3 is 5.32 Å². The maximum absolute atomic E-state index is 3.63. The molecule has 1 aliphatic carbocycles. The minimum atomic E-state index is 0.426. The van der Waals surface area contributed by atoms with E-state index in [4.69, 9.17) is 0 Å². The van der Waals surface area contributed by atoms with E-state index in [-0.39, 0.29) is 0 Å². The predicted molar refractivity (Wildman–Crippen MR) is 91.4 cm³/mol. The van der Waals surface area contributed by atoms with Crippen LogP contribution in [-0.2, 0) is 6.42 Å². The van der Waals surface area contributed by atoms with E-state index in [9.17, 15) is 0 Å². The van der Waals surface area contributed by atoms with Crippen molar-refractivity contribution in [2.45, 2.75) is 65.8 Å². The Balaban J connectivity index is 1.84. The highest BCUT2D eigenvalue weighted by Gasteiger charge is 2.23. The molecule has 1 N–H and O–H groups in total. The van der Waals surface area contributed by atoms with Crippen LogP contribution < -0.4 is 5.32 Å². The second kappa shape index (κ2) is 6.62. The highest BCUT2D eigenvalue weighted by atomic mass is 79.9. The van der Waals surface area contributed by atoms with Gasteiger partial charge in [0.2, 0.25) is 0 Å². The standard InChI is InChI=1S/C18H28BrN/c1-13-12-17(19)14(2)11-15(13)7-8-18(3,4)9-10-20-16-5-6-16/h11-12,16,20H,5-10H2,1-4H3. The van der Waals surface area contributed by atoms with Gasteiger partial charge in [-0.15, -0.1) is 0 Å². The average molecular weight is 338 g/mol. The lowest BCUT2D eigenvalue weighted by Crippen LogP contribution is -2.24. The van der Waals surface area contributed by atoms with Crippen LogP contribution in [0.15, 0.2) is 16.6 Å². The smallest absolute Gasteiger partial charge is 0.0207 e. The van der Waals surface area contributed by atoms with Crippen molar-refractivity contribution in [3.05, 3.63) is 33.3 Å². The highest BCUT2D eigenvalue weighted by Crippen LogP contribution is 2.29. The molecule has 0 aromatic heterocycles. The van der Waals surface area contributed by atoms with Crippen molar-refractivity contribution in [1.29, 1.82) is 0 Å². The van der Waals surface area contributed by atoms with Crippen LogP contribution in [0.5, 0.6) is 0 Å². The lowest BCUT2D eigenvalue weighted by molar-refractivity contribution is 0.301. The molecule has 0 unspecified atom stereocenters. The molecule has 0 spiro atoms. The van der Waals surface area contributed by atoms with Gasteiger partial charge in [-0.1, -0.05) is 35.8 Å². The van der Waals surface area contributed by atoms with Gasteiger partial charge in [0.05, 0.1) is 0 Å². The molecule has 1 saturated carbocycles. The summed E-state index contributed by atoms with van der Waals surface area (Å²) < 4.78 is 1.23. The number of nitrogens with one attached hydrogen (secondary N) is 1. The van der Waals surface area contributed by atoms with Crippen molar-refractivity contribution in [2.75, 3.05) is 6.54 Å². The first-order valence-electron chi connectivity index (χ1n) is 7.86. The summed E-state index contributed by atoms with van der Waals surface area (Å²) in [5.41, 5.74) is 4.69. The molecule has 0 radical (unpaired) electrons. The fourth-order valence-electron chi connectivity index (χ4n) is 2.61. The average Bonchev–Trinajstić information content (AvgIpc) is 3.16. The monoisotopic (exact) mass is 337 g/mol. The number of halogens is 1. The Labute approximate surface area is 132 Å². The van der Waals surface area contributed by atoms with Gasteiger partial charge in [-0.05, 0) is 80.7 Å². The third-order valence-electron chi connectivity index (χ3n) is 4.50. The molecule has 1 aliphatic rings. The lowest BCUT2D eigenvalue weighted by atomic mass is 9.82. The first-order valence-corrected chi connectivity index (χ1v) is 8.66. The quantitative estimate of drug-likeness (QED) is 0.723. The van der Waals surface area contributed by atoms with Gasteiger partial charge in [-0.3, -0.25) is 0 Å². The van der Waals surface area contributed by atoms with Crippen molar-refractivity contribution < 1.29 is 0 Å². The Morgan fingerprint density at radius 2 is 1.85 bits per heavy atom. The maximum atomic E-state index is 3.63. The molecular formula is C18H28BrN. The number of hydrogen-bond acceptors (Lipinski definition) is 1. The fraction of sp³-hybridized carbons (Fsp3) is 0.667. The summed E-state index contributed by atoms with van der Waals surface area (Å²) in [6.45, 7) is 10.4. The molecular weight excluding hydrogens is 310 g/mol. The van der Waals surface area contributed by atoms with E-state index in [0.717, 1.165) is 6.04 Å². The van der Waals surface area contributed by atoms with Crippen LogP contribution >= 0.6 is 15.9 Å². The van der Waals surface area contributed by atoms with E-state index < -0.39 is 0 Å². The Morgan fingerprint density at radius 3 is 2.50 bits per heavy atom. The Bertz CT molecular complexity index is 461. The third-order valence-corrected chi connectivity index (χ3v) is 5.35.